The van der Waals surface area contributed by atoms with E-state index < -0.39 is 30.1 Å². The van der Waals surface area contributed by atoms with Gasteiger partial charge in [-0.1, -0.05) is 48.0 Å². The third-order valence-electron chi connectivity index (χ3n) is 6.66. The number of hydrogen-bond donors (Lipinski definition) is 2. The van der Waals surface area contributed by atoms with Crippen molar-refractivity contribution in [3.8, 4) is 0 Å². The van der Waals surface area contributed by atoms with E-state index in [1.807, 2.05) is 24.3 Å². The molecular formula is C27H27ClN4O4. The van der Waals surface area contributed by atoms with Crippen LogP contribution in [0.1, 0.15) is 37.3 Å². The second-order valence-corrected chi connectivity index (χ2v) is 9.55. The predicted octanol–water partition coefficient (Wildman–Crippen LogP) is 3.85. The van der Waals surface area contributed by atoms with Crippen LogP contribution in [0.4, 0.5) is 5.69 Å². The monoisotopic (exact) mass is 506 g/mol. The zero-order chi connectivity index (χ0) is 25.1. The normalized spacial score (nSPS) is 20.3. The fraction of sp³-hybridized carbons (Fsp3) is 0.333. The summed E-state index contributed by atoms with van der Waals surface area (Å²) in [4.78, 5) is 45.4. The Morgan fingerprint density at radius 3 is 2.58 bits per heavy atom. The molecule has 36 heavy (non-hydrogen) atoms. The number of carbonyl (C=O) groups excluding carboxylic acids is 3. The van der Waals surface area contributed by atoms with Crippen LogP contribution in [0.3, 0.4) is 0 Å². The standard InChI is InChI=1S/C27H27ClN4O4/c28-19-8-5-7-17(14-19)24(26(34)30-21-16-29-15-18-6-1-2-9-20(18)21)31-25(33)22-10-11-23(36-22)27(35)32-12-3-4-13-32/h1-2,5-9,14-16,22-24H,3-4,10-13H2,(H,30,34)(H,31,33)/t22-,23+,24?/m0/s1. The number of nitrogens with one attached hydrogen (secondary N) is 2. The highest BCUT2D eigenvalue weighted by molar-refractivity contribution is 6.30. The number of nitrogens with zero attached hydrogens (tertiary/aromatic N) is 2. The number of benzene rings is 2. The molecule has 1 unspecified atom stereocenters. The van der Waals surface area contributed by atoms with E-state index in [1.165, 1.54) is 0 Å². The van der Waals surface area contributed by atoms with E-state index in [0.29, 0.717) is 29.1 Å². The van der Waals surface area contributed by atoms with Crippen LogP contribution in [0.15, 0.2) is 60.9 Å². The molecule has 2 aromatic carbocycles. The van der Waals surface area contributed by atoms with Gasteiger partial charge in [-0.05, 0) is 43.4 Å². The van der Waals surface area contributed by atoms with Gasteiger partial charge in [-0.3, -0.25) is 19.4 Å². The number of aromatic nitrogens is 1. The van der Waals surface area contributed by atoms with Gasteiger partial charge >= 0.3 is 0 Å². The molecule has 5 rings (SSSR count). The molecule has 0 radical (unpaired) electrons. The molecule has 9 heteroatoms. The van der Waals surface area contributed by atoms with E-state index in [9.17, 15) is 14.4 Å². The predicted molar refractivity (Wildman–Crippen MR) is 136 cm³/mol. The van der Waals surface area contributed by atoms with Crippen molar-refractivity contribution in [1.82, 2.24) is 15.2 Å². The summed E-state index contributed by atoms with van der Waals surface area (Å²) in [6.45, 7) is 1.46. The minimum atomic E-state index is -1.02. The Hall–Kier alpha value is -3.49. The average molecular weight is 507 g/mol. The molecule has 8 nitrogen and oxygen atoms in total. The molecule has 186 valence electrons. The molecule has 0 spiro atoms. The first-order valence-corrected chi connectivity index (χ1v) is 12.5. The summed E-state index contributed by atoms with van der Waals surface area (Å²) in [5, 5.41) is 7.88. The first-order valence-electron chi connectivity index (χ1n) is 12.1. The average Bonchev–Trinajstić information content (AvgIpc) is 3.60. The van der Waals surface area contributed by atoms with Gasteiger partial charge in [0.2, 0.25) is 5.91 Å². The lowest BCUT2D eigenvalue weighted by atomic mass is 10.0. The number of fused-ring (bicyclic) bond motifs is 1. The molecule has 0 bridgehead atoms. The molecule has 3 amide bonds. The second-order valence-electron chi connectivity index (χ2n) is 9.12. The number of halogens is 1. The maximum absolute atomic E-state index is 13.5. The quantitative estimate of drug-likeness (QED) is 0.529. The lowest BCUT2D eigenvalue weighted by Gasteiger charge is -2.22. The van der Waals surface area contributed by atoms with Gasteiger partial charge in [0.15, 0.2) is 0 Å². The Morgan fingerprint density at radius 1 is 1.00 bits per heavy atom. The summed E-state index contributed by atoms with van der Waals surface area (Å²) in [6.07, 6.45) is 4.73. The van der Waals surface area contributed by atoms with E-state index in [2.05, 4.69) is 15.6 Å². The molecule has 1 aromatic heterocycles. The molecule has 2 N–H and O–H groups in total. The fourth-order valence-electron chi connectivity index (χ4n) is 4.80. The zero-order valence-electron chi connectivity index (χ0n) is 19.7. The van der Waals surface area contributed by atoms with Gasteiger partial charge in [0, 0.05) is 35.1 Å². The fourth-order valence-corrected chi connectivity index (χ4v) is 4.99. The Balaban J connectivity index is 1.33. The van der Waals surface area contributed by atoms with Crippen molar-refractivity contribution in [3.63, 3.8) is 0 Å². The molecule has 2 aliphatic heterocycles. The number of amides is 3. The highest BCUT2D eigenvalue weighted by atomic mass is 35.5. The number of hydrogen-bond acceptors (Lipinski definition) is 5. The number of ether oxygens (including phenoxy) is 1. The van der Waals surface area contributed by atoms with Crippen LogP contribution in [-0.4, -0.2) is 52.9 Å². The SMILES string of the molecule is O=C(Nc1cncc2ccccc12)C(NC(=O)[C@@H]1CC[C@H](C(=O)N2CCCC2)O1)c1cccc(Cl)c1. The van der Waals surface area contributed by atoms with E-state index in [0.717, 1.165) is 36.7 Å². The highest BCUT2D eigenvalue weighted by Gasteiger charge is 2.38. The molecule has 2 saturated heterocycles. The van der Waals surface area contributed by atoms with Crippen molar-refractivity contribution in [2.75, 3.05) is 18.4 Å². The van der Waals surface area contributed by atoms with E-state index in [-0.39, 0.29) is 5.91 Å². The zero-order valence-corrected chi connectivity index (χ0v) is 20.4. The summed E-state index contributed by atoms with van der Waals surface area (Å²) in [6, 6.07) is 13.3. The summed E-state index contributed by atoms with van der Waals surface area (Å²) < 4.78 is 5.84. The number of pyridine rings is 1. The largest absolute Gasteiger partial charge is 0.355 e. The van der Waals surface area contributed by atoms with Gasteiger partial charge in [0.25, 0.3) is 11.8 Å². The van der Waals surface area contributed by atoms with Crippen LogP contribution in [0.2, 0.25) is 5.02 Å². The van der Waals surface area contributed by atoms with Crippen molar-refractivity contribution in [2.45, 2.75) is 43.9 Å². The number of rotatable bonds is 6. The third kappa shape index (κ3) is 5.20. The summed E-state index contributed by atoms with van der Waals surface area (Å²) in [5.41, 5.74) is 1.07. The topological polar surface area (TPSA) is 101 Å². The summed E-state index contributed by atoms with van der Waals surface area (Å²) in [5.74, 6) is -0.940. The number of carbonyl (C=O) groups is 3. The third-order valence-corrected chi connectivity index (χ3v) is 6.90. The molecule has 0 aliphatic carbocycles. The Labute approximate surface area is 214 Å². The maximum atomic E-state index is 13.5. The van der Waals surface area contributed by atoms with Crippen LogP contribution in [0, 0.1) is 0 Å². The minimum Gasteiger partial charge on any atom is -0.355 e. The molecule has 3 aromatic rings. The molecule has 3 heterocycles. The smallest absolute Gasteiger partial charge is 0.251 e. The van der Waals surface area contributed by atoms with Crippen molar-refractivity contribution < 1.29 is 19.1 Å². The Bertz CT molecular complexity index is 1290. The van der Waals surface area contributed by atoms with Crippen molar-refractivity contribution in [2.24, 2.45) is 0 Å². The van der Waals surface area contributed by atoms with Gasteiger partial charge in [-0.25, -0.2) is 0 Å². The van der Waals surface area contributed by atoms with Gasteiger partial charge in [0.05, 0.1) is 11.9 Å². The maximum Gasteiger partial charge on any atom is 0.251 e. The van der Waals surface area contributed by atoms with Crippen LogP contribution in [-0.2, 0) is 19.1 Å². The lowest BCUT2D eigenvalue weighted by Crippen LogP contribution is -2.43. The second kappa shape index (κ2) is 10.6. The van der Waals surface area contributed by atoms with Crippen molar-refractivity contribution >= 4 is 45.8 Å². The highest BCUT2D eigenvalue weighted by Crippen LogP contribution is 2.27. The van der Waals surface area contributed by atoms with E-state index in [4.69, 9.17) is 16.3 Å². The Morgan fingerprint density at radius 2 is 1.78 bits per heavy atom. The van der Waals surface area contributed by atoms with Gasteiger partial charge in [-0.2, -0.15) is 0 Å². The van der Waals surface area contributed by atoms with Crippen molar-refractivity contribution in [3.05, 3.63) is 71.5 Å². The first kappa shape index (κ1) is 24.2. The summed E-state index contributed by atoms with van der Waals surface area (Å²) >= 11 is 6.19. The minimum absolute atomic E-state index is 0.0598. The summed E-state index contributed by atoms with van der Waals surface area (Å²) in [7, 11) is 0. The van der Waals surface area contributed by atoms with E-state index >= 15 is 0 Å². The Kier molecular flexibility index (Phi) is 7.16. The van der Waals surface area contributed by atoms with E-state index in [1.54, 1.807) is 41.6 Å². The number of likely N-dealkylation sites (tertiary alicyclic amines) is 1. The molecule has 2 aliphatic rings. The van der Waals surface area contributed by atoms with Crippen LogP contribution in [0.25, 0.3) is 10.8 Å². The van der Waals surface area contributed by atoms with Gasteiger partial charge in [0.1, 0.15) is 18.2 Å². The van der Waals surface area contributed by atoms with Crippen LogP contribution in [0.5, 0.6) is 0 Å². The first-order chi connectivity index (χ1) is 17.5. The van der Waals surface area contributed by atoms with Crippen LogP contribution >= 0.6 is 11.6 Å². The molecule has 3 atom stereocenters. The lowest BCUT2D eigenvalue weighted by molar-refractivity contribution is -0.146. The van der Waals surface area contributed by atoms with Crippen molar-refractivity contribution in [1.29, 1.82) is 0 Å². The molecule has 0 saturated carbocycles. The van der Waals surface area contributed by atoms with Gasteiger partial charge in [-0.15, -0.1) is 0 Å². The van der Waals surface area contributed by atoms with Crippen LogP contribution < -0.4 is 10.6 Å². The van der Waals surface area contributed by atoms with Gasteiger partial charge < -0.3 is 20.3 Å². The number of anilines is 1. The molecular weight excluding hydrogens is 480 g/mol. The molecule has 2 fully saturated rings.